The monoisotopic (exact) mass is 131 g/mol. The van der Waals surface area contributed by atoms with Gasteiger partial charge in [-0.1, -0.05) is 0 Å². The van der Waals surface area contributed by atoms with Crippen LogP contribution in [-0.4, -0.2) is 32.0 Å². The Morgan fingerprint density at radius 1 is 1.78 bits per heavy atom. The van der Waals surface area contributed by atoms with Crippen LogP contribution in [0.15, 0.2) is 0 Å². The third-order valence-corrected chi connectivity index (χ3v) is 1.20. The third kappa shape index (κ3) is 2.30. The fourth-order valence-corrected chi connectivity index (χ4v) is 0.598. The summed E-state index contributed by atoms with van der Waals surface area (Å²) in [6, 6.07) is 0.144. The lowest BCUT2D eigenvalue weighted by molar-refractivity contribution is -0.131. The number of hydrogen-bond acceptors (Lipinski definition) is 3. The first-order valence-electron chi connectivity index (χ1n) is 3.24. The quantitative estimate of drug-likeness (QED) is 0.574. The van der Waals surface area contributed by atoms with Crippen molar-refractivity contribution >= 4 is 0 Å². The molecule has 1 rings (SSSR count). The Morgan fingerprint density at radius 3 is 2.78 bits per heavy atom. The fourth-order valence-electron chi connectivity index (χ4n) is 0.598. The minimum Gasteiger partial charge on any atom is -0.376 e. The van der Waals surface area contributed by atoms with Crippen molar-refractivity contribution in [3.05, 3.63) is 0 Å². The molecule has 0 aromatic carbocycles. The number of hydrogen-bond donors (Lipinski definition) is 1. The summed E-state index contributed by atoms with van der Waals surface area (Å²) in [5.74, 6) is 0. The predicted octanol–water partition coefficient (Wildman–Crippen LogP) is -0.251. The van der Waals surface area contributed by atoms with Crippen molar-refractivity contribution in [3.8, 4) is 0 Å². The van der Waals surface area contributed by atoms with E-state index in [9.17, 15) is 0 Å². The summed E-state index contributed by atoms with van der Waals surface area (Å²) in [5, 5.41) is 0. The molecular weight excluding hydrogens is 118 g/mol. The maximum atomic E-state index is 5.45. The normalized spacial score (nSPS) is 23.3. The molecule has 54 valence electrons. The van der Waals surface area contributed by atoms with E-state index in [1.165, 1.54) is 0 Å². The molecule has 1 fully saturated rings. The second-order valence-corrected chi connectivity index (χ2v) is 2.47. The lowest BCUT2D eigenvalue weighted by atomic mass is 10.3. The third-order valence-electron chi connectivity index (χ3n) is 1.20. The van der Waals surface area contributed by atoms with E-state index >= 15 is 0 Å². The van der Waals surface area contributed by atoms with Gasteiger partial charge in [0.2, 0.25) is 0 Å². The highest BCUT2D eigenvalue weighted by molar-refractivity contribution is 4.65. The van der Waals surface area contributed by atoms with Crippen molar-refractivity contribution in [3.63, 3.8) is 0 Å². The average Bonchev–Trinajstić information content (AvgIpc) is 1.60. The zero-order chi connectivity index (χ0) is 6.69. The summed E-state index contributed by atoms with van der Waals surface area (Å²) >= 11 is 0. The minimum absolute atomic E-state index is 0.144. The van der Waals surface area contributed by atoms with Crippen molar-refractivity contribution in [2.75, 3.05) is 19.8 Å². The van der Waals surface area contributed by atoms with Gasteiger partial charge >= 0.3 is 0 Å². The molecule has 1 aliphatic rings. The van der Waals surface area contributed by atoms with Gasteiger partial charge in [0.05, 0.1) is 19.8 Å². The summed E-state index contributed by atoms with van der Waals surface area (Å²) in [6.45, 7) is 4.06. The van der Waals surface area contributed by atoms with Crippen molar-refractivity contribution in [1.29, 1.82) is 0 Å². The Kier molecular flexibility index (Phi) is 2.45. The summed E-state index contributed by atoms with van der Waals surface area (Å²) < 4.78 is 10.2. The first-order chi connectivity index (χ1) is 4.29. The zero-order valence-corrected chi connectivity index (χ0v) is 5.67. The van der Waals surface area contributed by atoms with Crippen LogP contribution in [0.2, 0.25) is 0 Å². The first-order valence-corrected chi connectivity index (χ1v) is 3.24. The second-order valence-electron chi connectivity index (χ2n) is 2.47. The van der Waals surface area contributed by atoms with Gasteiger partial charge in [0.1, 0.15) is 6.10 Å². The zero-order valence-electron chi connectivity index (χ0n) is 5.67. The molecule has 0 saturated carbocycles. The van der Waals surface area contributed by atoms with E-state index in [2.05, 4.69) is 0 Å². The summed E-state index contributed by atoms with van der Waals surface area (Å²) in [4.78, 5) is 0. The molecule has 1 saturated heterocycles. The topological polar surface area (TPSA) is 44.5 Å². The van der Waals surface area contributed by atoms with Crippen molar-refractivity contribution in [2.45, 2.75) is 19.1 Å². The highest BCUT2D eigenvalue weighted by Gasteiger charge is 2.18. The molecule has 1 unspecified atom stereocenters. The second kappa shape index (κ2) is 3.15. The van der Waals surface area contributed by atoms with E-state index in [1.807, 2.05) is 6.92 Å². The van der Waals surface area contributed by atoms with E-state index in [0.717, 1.165) is 13.2 Å². The largest absolute Gasteiger partial charge is 0.376 e. The average molecular weight is 131 g/mol. The van der Waals surface area contributed by atoms with E-state index in [4.69, 9.17) is 15.2 Å². The molecule has 2 N–H and O–H groups in total. The highest BCUT2D eigenvalue weighted by atomic mass is 16.6. The molecule has 0 aromatic heterocycles. The maximum absolute atomic E-state index is 5.45. The molecule has 0 radical (unpaired) electrons. The van der Waals surface area contributed by atoms with Gasteiger partial charge in [0.15, 0.2) is 0 Å². The minimum atomic E-state index is 0.144. The highest BCUT2D eigenvalue weighted by Crippen LogP contribution is 2.04. The van der Waals surface area contributed by atoms with Gasteiger partial charge in [-0.25, -0.2) is 0 Å². The SMILES string of the molecule is CC(N)COC1COC1. The van der Waals surface area contributed by atoms with Crippen LogP contribution in [0.25, 0.3) is 0 Å². The molecule has 0 aromatic rings. The van der Waals surface area contributed by atoms with Gasteiger partial charge in [-0.2, -0.15) is 0 Å². The molecule has 9 heavy (non-hydrogen) atoms. The van der Waals surface area contributed by atoms with Crippen LogP contribution in [0, 0.1) is 0 Å². The van der Waals surface area contributed by atoms with E-state index < -0.39 is 0 Å². The summed E-state index contributed by atoms with van der Waals surface area (Å²) in [5.41, 5.74) is 5.45. The fraction of sp³-hybridized carbons (Fsp3) is 1.00. The Morgan fingerprint density at radius 2 is 2.44 bits per heavy atom. The van der Waals surface area contributed by atoms with Gasteiger partial charge in [-0.15, -0.1) is 0 Å². The van der Waals surface area contributed by atoms with Crippen LogP contribution in [0.5, 0.6) is 0 Å². The van der Waals surface area contributed by atoms with Gasteiger partial charge in [0.25, 0.3) is 0 Å². The van der Waals surface area contributed by atoms with Crippen LogP contribution < -0.4 is 5.73 Å². The number of rotatable bonds is 3. The van der Waals surface area contributed by atoms with Crippen molar-refractivity contribution in [2.24, 2.45) is 5.73 Å². The van der Waals surface area contributed by atoms with E-state index in [-0.39, 0.29) is 6.04 Å². The van der Waals surface area contributed by atoms with E-state index in [1.54, 1.807) is 0 Å². The molecule has 0 bridgehead atoms. The molecule has 0 aliphatic carbocycles. The lowest BCUT2D eigenvalue weighted by Crippen LogP contribution is -2.38. The molecule has 3 heteroatoms. The van der Waals surface area contributed by atoms with Gasteiger partial charge in [0, 0.05) is 6.04 Å². The molecule has 1 atom stereocenters. The van der Waals surface area contributed by atoms with Crippen molar-refractivity contribution in [1.82, 2.24) is 0 Å². The van der Waals surface area contributed by atoms with Crippen LogP contribution in [-0.2, 0) is 9.47 Å². The first kappa shape index (κ1) is 6.99. The molecular formula is C6H13NO2. The molecule has 0 spiro atoms. The molecule has 1 aliphatic heterocycles. The smallest absolute Gasteiger partial charge is 0.104 e. The Bertz CT molecular complexity index is 81.1. The summed E-state index contributed by atoms with van der Waals surface area (Å²) in [6.07, 6.45) is 0.316. The van der Waals surface area contributed by atoms with Crippen LogP contribution in [0.4, 0.5) is 0 Å². The van der Waals surface area contributed by atoms with Gasteiger partial charge in [-0.3, -0.25) is 0 Å². The molecule has 1 heterocycles. The molecule has 3 nitrogen and oxygen atoms in total. The van der Waals surface area contributed by atoms with E-state index in [0.29, 0.717) is 12.7 Å². The Labute approximate surface area is 55.1 Å². The number of ether oxygens (including phenoxy) is 2. The Hall–Kier alpha value is -0.120. The molecule has 0 amide bonds. The maximum Gasteiger partial charge on any atom is 0.104 e. The van der Waals surface area contributed by atoms with Crippen LogP contribution >= 0.6 is 0 Å². The summed E-state index contributed by atoms with van der Waals surface area (Å²) in [7, 11) is 0. The predicted molar refractivity (Wildman–Crippen MR) is 34.2 cm³/mol. The van der Waals surface area contributed by atoms with Gasteiger partial charge in [-0.05, 0) is 6.92 Å². The lowest BCUT2D eigenvalue weighted by Gasteiger charge is -2.26. The standard InChI is InChI=1S/C6H13NO2/c1-5(7)2-9-6-3-8-4-6/h5-6H,2-4,7H2,1H3. The van der Waals surface area contributed by atoms with Crippen molar-refractivity contribution < 1.29 is 9.47 Å². The van der Waals surface area contributed by atoms with Crippen LogP contribution in [0.3, 0.4) is 0 Å². The van der Waals surface area contributed by atoms with Gasteiger partial charge < -0.3 is 15.2 Å². The van der Waals surface area contributed by atoms with Crippen LogP contribution in [0.1, 0.15) is 6.92 Å². The Balaban J connectivity index is 1.91. The number of nitrogens with two attached hydrogens (primary N) is 1.